The van der Waals surface area contributed by atoms with E-state index in [1.165, 1.54) is 12.1 Å². The van der Waals surface area contributed by atoms with E-state index < -0.39 is 26.1 Å². The van der Waals surface area contributed by atoms with Crippen LogP contribution in [-0.4, -0.2) is 38.0 Å². The molecule has 0 spiro atoms. The normalized spacial score (nSPS) is 12.8. The van der Waals surface area contributed by atoms with Crippen LogP contribution in [0.5, 0.6) is 0 Å². The number of aliphatic hydroxyl groups is 1. The van der Waals surface area contributed by atoms with Crippen LogP contribution >= 0.6 is 0 Å². The van der Waals surface area contributed by atoms with E-state index >= 15 is 0 Å². The molecule has 7 heteroatoms. The summed E-state index contributed by atoms with van der Waals surface area (Å²) in [5.74, 6) is -3.47. The standard InChI is InChI=1S/C13H19F2NO3S/c1-4-16(9-13(2,3)17)10-7-5-6-8-11(10)20(18,19)12(14)15/h5-8,12,17H,4,9H2,1-3H3. The van der Waals surface area contributed by atoms with Crippen LogP contribution in [0, 0.1) is 0 Å². The average molecular weight is 307 g/mol. The van der Waals surface area contributed by atoms with Crippen LogP contribution in [0.15, 0.2) is 29.2 Å². The molecule has 0 atom stereocenters. The monoisotopic (exact) mass is 307 g/mol. The Hall–Kier alpha value is -1.21. The average Bonchev–Trinajstić information content (AvgIpc) is 2.34. The molecule has 1 rings (SSSR count). The van der Waals surface area contributed by atoms with Crippen LogP contribution in [0.3, 0.4) is 0 Å². The van der Waals surface area contributed by atoms with E-state index in [4.69, 9.17) is 0 Å². The molecule has 20 heavy (non-hydrogen) atoms. The Morgan fingerprint density at radius 3 is 2.30 bits per heavy atom. The van der Waals surface area contributed by atoms with Crippen LogP contribution in [-0.2, 0) is 9.84 Å². The SMILES string of the molecule is CCN(CC(C)(C)O)c1ccccc1S(=O)(=O)C(F)F. The Morgan fingerprint density at radius 1 is 1.30 bits per heavy atom. The summed E-state index contributed by atoms with van der Waals surface area (Å²) in [6, 6.07) is 5.60. The lowest BCUT2D eigenvalue weighted by molar-refractivity contribution is 0.0874. The molecule has 0 fully saturated rings. The highest BCUT2D eigenvalue weighted by molar-refractivity contribution is 7.91. The molecule has 0 bridgehead atoms. The van der Waals surface area contributed by atoms with Crippen LogP contribution in [0.4, 0.5) is 14.5 Å². The van der Waals surface area contributed by atoms with Gasteiger partial charge in [0.05, 0.1) is 16.2 Å². The molecular formula is C13H19F2NO3S. The van der Waals surface area contributed by atoms with Gasteiger partial charge in [0.25, 0.3) is 0 Å². The van der Waals surface area contributed by atoms with Gasteiger partial charge in [0.1, 0.15) is 0 Å². The number of alkyl halides is 2. The van der Waals surface area contributed by atoms with Gasteiger partial charge in [-0.05, 0) is 32.9 Å². The topological polar surface area (TPSA) is 57.6 Å². The van der Waals surface area contributed by atoms with Crippen molar-refractivity contribution in [3.05, 3.63) is 24.3 Å². The molecule has 1 aromatic carbocycles. The molecule has 0 unspecified atom stereocenters. The van der Waals surface area contributed by atoms with Crippen molar-refractivity contribution >= 4 is 15.5 Å². The molecule has 0 saturated carbocycles. The summed E-state index contributed by atoms with van der Waals surface area (Å²) in [7, 11) is -4.67. The van der Waals surface area contributed by atoms with Crippen molar-refractivity contribution in [2.75, 3.05) is 18.0 Å². The summed E-state index contributed by atoms with van der Waals surface area (Å²) >= 11 is 0. The number of nitrogens with zero attached hydrogens (tertiary/aromatic N) is 1. The first-order valence-electron chi connectivity index (χ1n) is 6.18. The highest BCUT2D eigenvalue weighted by Gasteiger charge is 2.31. The molecule has 0 saturated heterocycles. The first-order valence-corrected chi connectivity index (χ1v) is 7.72. The lowest BCUT2D eigenvalue weighted by Crippen LogP contribution is -2.39. The smallest absolute Gasteiger partial charge is 0.341 e. The maximum absolute atomic E-state index is 12.7. The van der Waals surface area contributed by atoms with E-state index in [0.29, 0.717) is 6.54 Å². The number of anilines is 1. The Labute approximate surface area is 117 Å². The maximum atomic E-state index is 12.7. The molecule has 1 aromatic rings. The molecule has 4 nitrogen and oxygen atoms in total. The van der Waals surface area contributed by atoms with E-state index in [1.54, 1.807) is 31.7 Å². The zero-order valence-electron chi connectivity index (χ0n) is 11.7. The Morgan fingerprint density at radius 2 is 1.85 bits per heavy atom. The summed E-state index contributed by atoms with van der Waals surface area (Å²) < 4.78 is 48.9. The van der Waals surface area contributed by atoms with Crippen molar-refractivity contribution in [2.45, 2.75) is 37.0 Å². The van der Waals surface area contributed by atoms with Crippen molar-refractivity contribution < 1.29 is 22.3 Å². The highest BCUT2D eigenvalue weighted by Crippen LogP contribution is 2.29. The van der Waals surface area contributed by atoms with Gasteiger partial charge in [-0.15, -0.1) is 0 Å². The summed E-state index contributed by atoms with van der Waals surface area (Å²) in [6.07, 6.45) is 0. The van der Waals surface area contributed by atoms with Gasteiger partial charge < -0.3 is 10.0 Å². The Balaban J connectivity index is 3.32. The van der Waals surface area contributed by atoms with Crippen LogP contribution < -0.4 is 4.90 Å². The predicted molar refractivity (Wildman–Crippen MR) is 73.8 cm³/mol. The summed E-state index contributed by atoms with van der Waals surface area (Å²) in [6.45, 7) is 5.43. The molecule has 114 valence electrons. The number of halogens is 2. The number of benzene rings is 1. The minimum atomic E-state index is -4.67. The molecule has 0 radical (unpaired) electrons. The van der Waals surface area contributed by atoms with Crippen LogP contribution in [0.1, 0.15) is 20.8 Å². The second kappa shape index (κ2) is 6.05. The zero-order valence-corrected chi connectivity index (χ0v) is 12.5. The fraction of sp³-hybridized carbons (Fsp3) is 0.538. The lowest BCUT2D eigenvalue weighted by atomic mass is 10.1. The molecule has 0 amide bonds. The Bertz CT molecular complexity index is 553. The van der Waals surface area contributed by atoms with E-state index in [2.05, 4.69) is 0 Å². The minimum Gasteiger partial charge on any atom is -0.389 e. The minimum absolute atomic E-state index is 0.138. The van der Waals surface area contributed by atoms with E-state index in [-0.39, 0.29) is 12.2 Å². The molecule has 0 aromatic heterocycles. The Kier molecular flexibility index (Phi) is 5.10. The van der Waals surface area contributed by atoms with Crippen molar-refractivity contribution in [3.8, 4) is 0 Å². The second-order valence-corrected chi connectivity index (χ2v) is 6.99. The quantitative estimate of drug-likeness (QED) is 0.876. The maximum Gasteiger partial charge on any atom is 0.341 e. The third-order valence-electron chi connectivity index (χ3n) is 2.71. The van der Waals surface area contributed by atoms with Gasteiger partial charge in [-0.1, -0.05) is 12.1 Å². The molecule has 1 N–H and O–H groups in total. The zero-order chi connectivity index (χ0) is 15.6. The molecule has 0 aliphatic heterocycles. The number of hydrogen-bond acceptors (Lipinski definition) is 4. The van der Waals surface area contributed by atoms with E-state index in [9.17, 15) is 22.3 Å². The largest absolute Gasteiger partial charge is 0.389 e. The van der Waals surface area contributed by atoms with Gasteiger partial charge in [-0.2, -0.15) is 8.78 Å². The van der Waals surface area contributed by atoms with Gasteiger partial charge in [0.2, 0.25) is 9.84 Å². The van der Waals surface area contributed by atoms with Crippen molar-refractivity contribution in [3.63, 3.8) is 0 Å². The fourth-order valence-electron chi connectivity index (χ4n) is 1.89. The summed E-state index contributed by atoms with van der Waals surface area (Å²) in [5, 5.41) is 9.84. The van der Waals surface area contributed by atoms with Gasteiger partial charge in [0, 0.05) is 13.1 Å². The van der Waals surface area contributed by atoms with Gasteiger partial charge in [-0.3, -0.25) is 0 Å². The number of rotatable bonds is 6. The fourth-order valence-corrected chi connectivity index (χ4v) is 2.84. The number of likely N-dealkylation sites (N-methyl/N-ethyl adjacent to an activating group) is 1. The van der Waals surface area contributed by atoms with E-state index in [0.717, 1.165) is 6.07 Å². The molecular weight excluding hydrogens is 288 g/mol. The van der Waals surface area contributed by atoms with E-state index in [1.807, 2.05) is 0 Å². The van der Waals surface area contributed by atoms with Crippen molar-refractivity contribution in [1.82, 2.24) is 0 Å². The molecule has 0 aliphatic rings. The van der Waals surface area contributed by atoms with Crippen LogP contribution in [0.25, 0.3) is 0 Å². The third kappa shape index (κ3) is 3.89. The first kappa shape index (κ1) is 16.8. The van der Waals surface area contributed by atoms with Gasteiger partial charge in [0.15, 0.2) is 0 Å². The molecule has 0 heterocycles. The molecule has 0 aliphatic carbocycles. The van der Waals surface area contributed by atoms with Gasteiger partial charge in [-0.25, -0.2) is 8.42 Å². The number of hydrogen-bond donors (Lipinski definition) is 1. The number of para-hydroxylation sites is 1. The van der Waals surface area contributed by atoms with Crippen molar-refractivity contribution in [1.29, 1.82) is 0 Å². The predicted octanol–water partition coefficient (Wildman–Crippen LogP) is 2.28. The van der Waals surface area contributed by atoms with Gasteiger partial charge >= 0.3 is 5.76 Å². The second-order valence-electron chi connectivity index (χ2n) is 5.10. The first-order chi connectivity index (χ1) is 9.09. The van der Waals surface area contributed by atoms with Crippen molar-refractivity contribution in [2.24, 2.45) is 0 Å². The lowest BCUT2D eigenvalue weighted by Gasteiger charge is -2.31. The number of sulfone groups is 1. The highest BCUT2D eigenvalue weighted by atomic mass is 32.2. The van der Waals surface area contributed by atoms with Crippen LogP contribution in [0.2, 0.25) is 0 Å². The third-order valence-corrected chi connectivity index (χ3v) is 4.13. The summed E-state index contributed by atoms with van der Waals surface area (Å²) in [4.78, 5) is 1.15. The summed E-state index contributed by atoms with van der Waals surface area (Å²) in [5.41, 5.74) is -0.894.